The van der Waals surface area contributed by atoms with Crippen molar-refractivity contribution in [1.82, 2.24) is 4.90 Å². The van der Waals surface area contributed by atoms with Gasteiger partial charge in [-0.3, -0.25) is 14.5 Å². The molecule has 1 heterocycles. The third-order valence-electron chi connectivity index (χ3n) is 5.17. The monoisotopic (exact) mass is 579 g/mol. The van der Waals surface area contributed by atoms with Crippen LogP contribution in [0.25, 0.3) is 6.08 Å². The predicted octanol–water partition coefficient (Wildman–Crippen LogP) is 7.64. The van der Waals surface area contributed by atoms with Gasteiger partial charge in [-0.2, -0.15) is 0 Å². The molecule has 4 rings (SSSR count). The van der Waals surface area contributed by atoms with Gasteiger partial charge in [-0.15, -0.1) is 0 Å². The van der Waals surface area contributed by atoms with Gasteiger partial charge < -0.3 is 9.47 Å². The first-order valence-electron chi connectivity index (χ1n) is 10.8. The number of esters is 1. The first-order chi connectivity index (χ1) is 17.7. The molecule has 6 nitrogen and oxygen atoms in total. The van der Waals surface area contributed by atoms with Crippen molar-refractivity contribution in [3.05, 3.63) is 97.1 Å². The first-order valence-corrected chi connectivity index (χ1v) is 12.8. The molecule has 0 radical (unpaired) electrons. The Morgan fingerprint density at radius 3 is 2.46 bits per heavy atom. The average molecular weight is 581 g/mol. The van der Waals surface area contributed by atoms with Gasteiger partial charge >= 0.3 is 5.97 Å². The highest BCUT2D eigenvalue weighted by Gasteiger charge is 2.36. The summed E-state index contributed by atoms with van der Waals surface area (Å²) in [6.45, 7) is 1.66. The smallest absolute Gasteiger partial charge is 0.345 e. The molecule has 37 heavy (non-hydrogen) atoms. The largest absolute Gasteiger partial charge is 0.490 e. The molecular weight excluding hydrogens is 564 g/mol. The third-order valence-corrected chi connectivity index (χ3v) is 7.04. The molecule has 0 saturated carbocycles. The Hall–Kier alpha value is -3.04. The standard InChI is InChI=1S/C26H17Cl3FNO5S/c1-2-35-21-11-14(10-19(29)23(21)36-25(33)15-6-3-4-7-17(15)27)12-22-24(32)31(26(34)37-22)13-16-18(28)8-5-9-20(16)30/h3-12H,2,13H2,1H3/b22-12-. The lowest BCUT2D eigenvalue weighted by Crippen LogP contribution is -2.28. The molecule has 0 unspecified atom stereocenters. The fraction of sp³-hybridized carbons (Fsp3) is 0.115. The van der Waals surface area contributed by atoms with Gasteiger partial charge in [-0.25, -0.2) is 9.18 Å². The zero-order valence-corrected chi connectivity index (χ0v) is 22.2. The third kappa shape index (κ3) is 5.93. The summed E-state index contributed by atoms with van der Waals surface area (Å²) in [5.41, 5.74) is 0.606. The number of ether oxygens (including phenoxy) is 2. The molecule has 1 saturated heterocycles. The molecular formula is C26H17Cl3FNO5S. The van der Waals surface area contributed by atoms with Crippen LogP contribution in [0.1, 0.15) is 28.4 Å². The van der Waals surface area contributed by atoms with E-state index in [4.69, 9.17) is 44.3 Å². The van der Waals surface area contributed by atoms with Crippen molar-refractivity contribution >= 4 is 69.8 Å². The van der Waals surface area contributed by atoms with E-state index >= 15 is 0 Å². The highest BCUT2D eigenvalue weighted by Crippen LogP contribution is 2.40. The minimum absolute atomic E-state index is 0.0205. The van der Waals surface area contributed by atoms with Crippen LogP contribution in [-0.4, -0.2) is 28.6 Å². The molecule has 3 aromatic rings. The zero-order chi connectivity index (χ0) is 26.7. The van der Waals surface area contributed by atoms with Gasteiger partial charge in [0, 0.05) is 10.6 Å². The average Bonchev–Trinajstić information content (AvgIpc) is 3.11. The van der Waals surface area contributed by atoms with E-state index < -0.39 is 22.9 Å². The molecule has 1 aliphatic rings. The van der Waals surface area contributed by atoms with Crippen molar-refractivity contribution in [3.8, 4) is 11.5 Å². The Labute approximate surface area is 230 Å². The molecule has 1 aliphatic heterocycles. The van der Waals surface area contributed by atoms with E-state index in [0.29, 0.717) is 17.3 Å². The lowest BCUT2D eigenvalue weighted by atomic mass is 10.1. The van der Waals surface area contributed by atoms with E-state index in [9.17, 15) is 18.8 Å². The van der Waals surface area contributed by atoms with E-state index in [1.54, 1.807) is 25.1 Å². The van der Waals surface area contributed by atoms with Gasteiger partial charge in [0.2, 0.25) is 0 Å². The minimum Gasteiger partial charge on any atom is -0.490 e. The van der Waals surface area contributed by atoms with E-state index in [1.807, 2.05) is 0 Å². The Kier molecular flexibility index (Phi) is 8.44. The van der Waals surface area contributed by atoms with E-state index in [0.717, 1.165) is 4.90 Å². The summed E-state index contributed by atoms with van der Waals surface area (Å²) in [5, 5.41) is -0.212. The second-order valence-corrected chi connectivity index (χ2v) is 9.82. The summed E-state index contributed by atoms with van der Waals surface area (Å²) in [5.74, 6) is -1.83. The highest BCUT2D eigenvalue weighted by atomic mass is 35.5. The summed E-state index contributed by atoms with van der Waals surface area (Å²) in [6.07, 6.45) is 1.45. The summed E-state index contributed by atoms with van der Waals surface area (Å²) >= 11 is 19.2. The number of imide groups is 1. The maximum atomic E-state index is 14.2. The van der Waals surface area contributed by atoms with Gasteiger partial charge in [-0.1, -0.05) is 53.0 Å². The topological polar surface area (TPSA) is 72.9 Å². The van der Waals surface area contributed by atoms with Crippen LogP contribution < -0.4 is 9.47 Å². The molecule has 3 aromatic carbocycles. The Morgan fingerprint density at radius 2 is 1.76 bits per heavy atom. The minimum atomic E-state index is -0.728. The normalized spacial score (nSPS) is 14.4. The SMILES string of the molecule is CCOc1cc(/C=C2\SC(=O)N(Cc3c(F)cccc3Cl)C2=O)cc(Cl)c1OC(=O)c1ccccc1Cl. The van der Waals surface area contributed by atoms with E-state index in [-0.39, 0.29) is 55.8 Å². The number of hydrogen-bond donors (Lipinski definition) is 0. The number of rotatable bonds is 7. The fourth-order valence-corrected chi connectivity index (χ4v) is 4.97. The molecule has 0 atom stereocenters. The first kappa shape index (κ1) is 27.0. The van der Waals surface area contributed by atoms with Gasteiger partial charge in [-0.05, 0) is 66.7 Å². The van der Waals surface area contributed by atoms with Crippen LogP contribution in [0.3, 0.4) is 0 Å². The summed E-state index contributed by atoms with van der Waals surface area (Å²) in [7, 11) is 0. The summed E-state index contributed by atoms with van der Waals surface area (Å²) in [6, 6.07) is 13.5. The van der Waals surface area contributed by atoms with E-state index in [2.05, 4.69) is 0 Å². The molecule has 0 bridgehead atoms. The second kappa shape index (κ2) is 11.6. The van der Waals surface area contributed by atoms with Crippen LogP contribution in [0.4, 0.5) is 9.18 Å². The number of hydrogen-bond acceptors (Lipinski definition) is 6. The number of nitrogens with zero attached hydrogens (tertiary/aromatic N) is 1. The van der Waals surface area contributed by atoms with Crippen molar-refractivity contribution in [2.45, 2.75) is 13.5 Å². The van der Waals surface area contributed by atoms with Crippen molar-refractivity contribution in [1.29, 1.82) is 0 Å². The Bertz CT molecular complexity index is 1430. The Balaban J connectivity index is 1.61. The number of carbonyl (C=O) groups excluding carboxylic acids is 3. The summed E-state index contributed by atoms with van der Waals surface area (Å²) < 4.78 is 25.3. The zero-order valence-electron chi connectivity index (χ0n) is 19.1. The molecule has 2 amide bonds. The van der Waals surface area contributed by atoms with Crippen LogP contribution in [0.5, 0.6) is 11.5 Å². The Morgan fingerprint density at radius 1 is 1.03 bits per heavy atom. The van der Waals surface area contributed by atoms with Crippen LogP contribution in [0.2, 0.25) is 15.1 Å². The van der Waals surface area contributed by atoms with Crippen LogP contribution >= 0.6 is 46.6 Å². The maximum absolute atomic E-state index is 14.2. The second-order valence-electron chi connectivity index (χ2n) is 7.60. The molecule has 0 N–H and O–H groups in total. The number of benzene rings is 3. The molecule has 0 aromatic heterocycles. The fourth-order valence-electron chi connectivity index (χ4n) is 3.44. The number of amides is 2. The number of carbonyl (C=O) groups is 3. The number of thioether (sulfide) groups is 1. The van der Waals surface area contributed by atoms with Gasteiger partial charge in [0.1, 0.15) is 5.82 Å². The molecule has 11 heteroatoms. The van der Waals surface area contributed by atoms with Crippen molar-refractivity contribution < 1.29 is 28.2 Å². The van der Waals surface area contributed by atoms with Gasteiger partial charge in [0.05, 0.1) is 33.7 Å². The molecule has 190 valence electrons. The van der Waals surface area contributed by atoms with Gasteiger partial charge in [0.15, 0.2) is 11.5 Å². The lowest BCUT2D eigenvalue weighted by Gasteiger charge is -2.14. The van der Waals surface area contributed by atoms with Crippen molar-refractivity contribution in [2.75, 3.05) is 6.61 Å². The lowest BCUT2D eigenvalue weighted by molar-refractivity contribution is -0.123. The molecule has 0 aliphatic carbocycles. The maximum Gasteiger partial charge on any atom is 0.345 e. The van der Waals surface area contributed by atoms with Crippen LogP contribution in [-0.2, 0) is 11.3 Å². The van der Waals surface area contributed by atoms with Crippen LogP contribution in [0, 0.1) is 5.82 Å². The van der Waals surface area contributed by atoms with Crippen molar-refractivity contribution in [3.63, 3.8) is 0 Å². The number of halogens is 4. The van der Waals surface area contributed by atoms with E-state index in [1.165, 1.54) is 42.5 Å². The highest BCUT2D eigenvalue weighted by molar-refractivity contribution is 8.18. The predicted molar refractivity (Wildman–Crippen MR) is 142 cm³/mol. The van der Waals surface area contributed by atoms with Crippen LogP contribution in [0.15, 0.2) is 59.5 Å². The quantitative estimate of drug-likeness (QED) is 0.162. The summed E-state index contributed by atoms with van der Waals surface area (Å²) in [4.78, 5) is 39.1. The van der Waals surface area contributed by atoms with Crippen molar-refractivity contribution in [2.24, 2.45) is 0 Å². The molecule has 1 fully saturated rings. The van der Waals surface area contributed by atoms with Gasteiger partial charge in [0.25, 0.3) is 11.1 Å². The molecule has 0 spiro atoms.